The minimum absolute atomic E-state index is 0.0718. The summed E-state index contributed by atoms with van der Waals surface area (Å²) in [5.41, 5.74) is 13.1. The third-order valence-electron chi connectivity index (χ3n) is 4.89. The number of benzene rings is 1. The predicted molar refractivity (Wildman–Crippen MR) is 117 cm³/mol. The molecular weight excluding hydrogens is 428 g/mol. The van der Waals surface area contributed by atoms with Gasteiger partial charge in [0.05, 0.1) is 16.8 Å². The number of pyridine rings is 1. The lowest BCUT2D eigenvalue weighted by atomic mass is 9.98. The van der Waals surface area contributed by atoms with E-state index in [1.807, 2.05) is 18.2 Å². The fourth-order valence-corrected chi connectivity index (χ4v) is 4.39. The average Bonchev–Trinajstić information content (AvgIpc) is 3.62. The molecule has 1 aliphatic rings. The van der Waals surface area contributed by atoms with Crippen LogP contribution in [-0.2, 0) is 16.1 Å². The van der Waals surface area contributed by atoms with Crippen molar-refractivity contribution in [3.05, 3.63) is 58.3 Å². The largest absolute Gasteiger partial charge is 0.448 e. The van der Waals surface area contributed by atoms with Gasteiger partial charge in [-0.15, -0.1) is 0 Å². The molecule has 0 saturated heterocycles. The lowest BCUT2D eigenvalue weighted by molar-refractivity contribution is -0.117. The topological polar surface area (TPSA) is 168 Å². The van der Waals surface area contributed by atoms with Crippen LogP contribution in [0.3, 0.4) is 0 Å². The minimum Gasteiger partial charge on any atom is -0.448 e. The standard InChI is InChI=1S/C22H22N6O3S/c23-10-15-17(12-27-8-9-31-22(26)30)28-21(16(11-24)18(15)13-6-7-13)32-19(20(25)29)14-4-2-1-3-5-14/h1-5,13,19,27H,6-9,12H2,(H2,25,29)(H2,26,30). The number of amides is 2. The number of nitrogens with one attached hydrogen (secondary N) is 1. The molecule has 0 radical (unpaired) electrons. The van der Waals surface area contributed by atoms with Gasteiger partial charge >= 0.3 is 6.09 Å². The monoisotopic (exact) mass is 450 g/mol. The number of thioether (sulfide) groups is 1. The third kappa shape index (κ3) is 5.55. The highest BCUT2D eigenvalue weighted by Gasteiger charge is 2.34. The fraction of sp³-hybridized carbons (Fsp3) is 0.318. The van der Waals surface area contributed by atoms with Gasteiger partial charge in [-0.05, 0) is 29.9 Å². The maximum absolute atomic E-state index is 12.2. The van der Waals surface area contributed by atoms with Crippen LogP contribution in [0.5, 0.6) is 0 Å². The summed E-state index contributed by atoms with van der Waals surface area (Å²) in [6.45, 7) is 0.601. The Balaban J connectivity index is 1.96. The zero-order valence-electron chi connectivity index (χ0n) is 17.2. The lowest BCUT2D eigenvalue weighted by Crippen LogP contribution is -2.24. The van der Waals surface area contributed by atoms with Crippen LogP contribution in [0.2, 0.25) is 0 Å². The second-order valence-electron chi connectivity index (χ2n) is 7.18. The second-order valence-corrected chi connectivity index (χ2v) is 8.27. The summed E-state index contributed by atoms with van der Waals surface area (Å²) in [6, 6.07) is 13.4. The van der Waals surface area contributed by atoms with Crippen molar-refractivity contribution >= 4 is 23.8 Å². The van der Waals surface area contributed by atoms with Crippen LogP contribution >= 0.6 is 11.8 Å². The quantitative estimate of drug-likeness (QED) is 0.365. The summed E-state index contributed by atoms with van der Waals surface area (Å²) in [6.07, 6.45) is 0.901. The summed E-state index contributed by atoms with van der Waals surface area (Å²) >= 11 is 1.11. The van der Waals surface area contributed by atoms with Crippen LogP contribution < -0.4 is 16.8 Å². The Bertz CT molecular complexity index is 1090. The Morgan fingerprint density at radius 1 is 1.19 bits per heavy atom. The summed E-state index contributed by atoms with van der Waals surface area (Å²) in [7, 11) is 0. The molecule has 1 atom stereocenters. The van der Waals surface area contributed by atoms with Gasteiger partial charge in [0, 0.05) is 13.1 Å². The van der Waals surface area contributed by atoms with Gasteiger partial charge in [-0.1, -0.05) is 42.1 Å². The van der Waals surface area contributed by atoms with E-state index < -0.39 is 17.3 Å². The average molecular weight is 451 g/mol. The van der Waals surface area contributed by atoms with Crippen LogP contribution in [0.25, 0.3) is 0 Å². The molecule has 1 fully saturated rings. The summed E-state index contributed by atoms with van der Waals surface area (Å²) in [4.78, 5) is 27.5. The van der Waals surface area contributed by atoms with E-state index >= 15 is 0 Å². The number of rotatable bonds is 10. The Labute approximate surface area is 189 Å². The van der Waals surface area contributed by atoms with Gasteiger partial charge in [-0.25, -0.2) is 9.78 Å². The van der Waals surface area contributed by atoms with Gasteiger partial charge in [0.1, 0.15) is 29.0 Å². The van der Waals surface area contributed by atoms with Crippen molar-refractivity contribution < 1.29 is 14.3 Å². The van der Waals surface area contributed by atoms with E-state index in [-0.39, 0.29) is 19.1 Å². The van der Waals surface area contributed by atoms with Crippen molar-refractivity contribution in [3.63, 3.8) is 0 Å². The Morgan fingerprint density at radius 2 is 1.88 bits per heavy atom. The highest BCUT2D eigenvalue weighted by atomic mass is 32.2. The third-order valence-corrected chi connectivity index (χ3v) is 6.15. The van der Waals surface area contributed by atoms with Gasteiger partial charge in [0.2, 0.25) is 5.91 Å². The number of nitriles is 2. The van der Waals surface area contributed by atoms with Gasteiger partial charge in [0.15, 0.2) is 0 Å². The molecule has 0 spiro atoms. The van der Waals surface area contributed by atoms with Gasteiger partial charge in [-0.3, -0.25) is 4.79 Å². The van der Waals surface area contributed by atoms with Gasteiger partial charge in [-0.2, -0.15) is 10.5 Å². The first-order valence-corrected chi connectivity index (χ1v) is 10.8. The molecule has 1 saturated carbocycles. The molecule has 1 unspecified atom stereocenters. The molecule has 10 heteroatoms. The van der Waals surface area contributed by atoms with Crippen molar-refractivity contribution in [2.24, 2.45) is 11.5 Å². The fourth-order valence-electron chi connectivity index (χ4n) is 3.32. The molecule has 1 aromatic heterocycles. The number of nitrogens with zero attached hydrogens (tertiary/aromatic N) is 3. The molecule has 2 amide bonds. The second kappa shape index (κ2) is 10.6. The maximum Gasteiger partial charge on any atom is 0.404 e. The van der Waals surface area contributed by atoms with Crippen LogP contribution in [0, 0.1) is 22.7 Å². The molecule has 3 rings (SSSR count). The highest BCUT2D eigenvalue weighted by Crippen LogP contribution is 2.47. The first kappa shape index (κ1) is 23.1. The predicted octanol–water partition coefficient (Wildman–Crippen LogP) is 2.21. The molecule has 1 aliphatic carbocycles. The number of hydrogen-bond donors (Lipinski definition) is 3. The van der Waals surface area contributed by atoms with E-state index in [9.17, 15) is 20.1 Å². The van der Waals surface area contributed by atoms with Crippen LogP contribution in [0.15, 0.2) is 35.4 Å². The number of carbonyl (C=O) groups excluding carboxylic acids is 2. The number of hydrogen-bond acceptors (Lipinski definition) is 8. The molecular formula is C22H22N6O3S. The molecule has 0 aliphatic heterocycles. The van der Waals surface area contributed by atoms with Gasteiger partial charge < -0.3 is 21.5 Å². The molecule has 2 aromatic rings. The molecule has 32 heavy (non-hydrogen) atoms. The number of nitrogens with two attached hydrogens (primary N) is 2. The summed E-state index contributed by atoms with van der Waals surface area (Å²) < 4.78 is 4.69. The molecule has 164 valence electrons. The molecule has 1 aromatic carbocycles. The van der Waals surface area contributed by atoms with Crippen LogP contribution in [0.1, 0.15) is 52.0 Å². The Hall–Kier alpha value is -3.60. The highest BCUT2D eigenvalue weighted by molar-refractivity contribution is 8.00. The first-order chi connectivity index (χ1) is 15.5. The first-order valence-electron chi connectivity index (χ1n) is 9.97. The lowest BCUT2D eigenvalue weighted by Gasteiger charge is -2.18. The zero-order chi connectivity index (χ0) is 23.1. The SMILES string of the molecule is N#Cc1c(CNCCOC(N)=O)nc(SC(C(N)=O)c2ccccc2)c(C#N)c1C1CC1. The van der Waals surface area contributed by atoms with E-state index in [4.69, 9.17) is 11.5 Å². The zero-order valence-corrected chi connectivity index (χ0v) is 18.0. The van der Waals surface area contributed by atoms with Crippen molar-refractivity contribution in [1.82, 2.24) is 10.3 Å². The molecule has 0 bridgehead atoms. The molecule has 1 heterocycles. The molecule has 5 N–H and O–H groups in total. The van der Waals surface area contributed by atoms with Crippen molar-refractivity contribution in [3.8, 4) is 12.1 Å². The Kier molecular flexibility index (Phi) is 7.66. The van der Waals surface area contributed by atoms with Crippen LogP contribution in [-0.4, -0.2) is 30.1 Å². The summed E-state index contributed by atoms with van der Waals surface area (Å²) in [5, 5.41) is 22.4. The van der Waals surface area contributed by atoms with Crippen molar-refractivity contribution in [1.29, 1.82) is 10.5 Å². The number of primary amides is 2. The van der Waals surface area contributed by atoms with E-state index in [0.717, 1.165) is 24.6 Å². The van der Waals surface area contributed by atoms with Crippen molar-refractivity contribution in [2.75, 3.05) is 13.2 Å². The maximum atomic E-state index is 12.2. The van der Waals surface area contributed by atoms with Gasteiger partial charge in [0.25, 0.3) is 0 Å². The molecule has 9 nitrogen and oxygen atoms in total. The normalized spacial score (nSPS) is 13.6. The smallest absolute Gasteiger partial charge is 0.404 e. The van der Waals surface area contributed by atoms with Crippen LogP contribution in [0.4, 0.5) is 4.79 Å². The van der Waals surface area contributed by atoms with E-state index in [0.29, 0.717) is 39.5 Å². The number of ether oxygens (including phenoxy) is 1. The van der Waals surface area contributed by atoms with E-state index in [1.165, 1.54) is 0 Å². The summed E-state index contributed by atoms with van der Waals surface area (Å²) in [5.74, 6) is -0.435. The number of carbonyl (C=O) groups is 2. The van der Waals surface area contributed by atoms with E-state index in [1.54, 1.807) is 12.1 Å². The minimum atomic E-state index is -0.867. The van der Waals surface area contributed by atoms with Crippen molar-refractivity contribution in [2.45, 2.75) is 35.6 Å². The number of aromatic nitrogens is 1. The van der Waals surface area contributed by atoms with E-state index in [2.05, 4.69) is 27.2 Å². The Morgan fingerprint density at radius 3 is 2.44 bits per heavy atom.